The molecule has 1 atom stereocenters. The van der Waals surface area contributed by atoms with Crippen molar-refractivity contribution in [3.05, 3.63) is 78.1 Å². The highest BCUT2D eigenvalue weighted by Gasteiger charge is 2.16. The number of furan rings is 2. The average Bonchev–Trinajstić information content (AvgIpc) is 3.39. The highest BCUT2D eigenvalue weighted by atomic mass is 32.2. The monoisotopic (exact) mass is 402 g/mol. The summed E-state index contributed by atoms with van der Waals surface area (Å²) in [7, 11) is -3.69. The summed E-state index contributed by atoms with van der Waals surface area (Å²) in [6, 6.07) is 12.9. The predicted molar refractivity (Wildman–Crippen MR) is 103 cm³/mol. The second kappa shape index (κ2) is 8.90. The first-order valence-corrected chi connectivity index (χ1v) is 10.4. The molecule has 0 saturated heterocycles. The van der Waals surface area contributed by atoms with E-state index in [1.54, 1.807) is 18.4 Å². The molecular formula is C20H22N2O5S. The number of nitrogens with one attached hydrogen (secondary N) is 2. The minimum atomic E-state index is -3.69. The molecule has 3 rings (SSSR count). The molecular weight excluding hydrogens is 380 g/mol. The number of carbonyl (C=O) groups is 1. The minimum Gasteiger partial charge on any atom is -0.469 e. The van der Waals surface area contributed by atoms with Crippen LogP contribution in [0.5, 0.6) is 0 Å². The first-order chi connectivity index (χ1) is 13.4. The van der Waals surface area contributed by atoms with E-state index >= 15 is 0 Å². The van der Waals surface area contributed by atoms with Gasteiger partial charge >= 0.3 is 0 Å². The summed E-state index contributed by atoms with van der Waals surface area (Å²) in [6.07, 6.45) is 4.57. The molecule has 0 fully saturated rings. The molecule has 0 unspecified atom stereocenters. The average molecular weight is 402 g/mol. The van der Waals surface area contributed by atoms with Crippen LogP contribution in [0.25, 0.3) is 0 Å². The highest BCUT2D eigenvalue weighted by molar-refractivity contribution is 7.89. The molecule has 0 saturated carbocycles. The summed E-state index contributed by atoms with van der Waals surface area (Å²) >= 11 is 0. The zero-order valence-electron chi connectivity index (χ0n) is 15.4. The van der Waals surface area contributed by atoms with Crippen molar-refractivity contribution in [2.45, 2.75) is 37.2 Å². The minimum absolute atomic E-state index is 0.0454. The molecule has 0 aliphatic rings. The highest BCUT2D eigenvalue weighted by Crippen LogP contribution is 2.12. The predicted octanol–water partition coefficient (Wildman–Crippen LogP) is 3.10. The Hall–Kier alpha value is -2.84. The molecule has 0 aliphatic carbocycles. The first kappa shape index (κ1) is 19.9. The van der Waals surface area contributed by atoms with E-state index in [4.69, 9.17) is 8.83 Å². The summed E-state index contributed by atoms with van der Waals surface area (Å²) < 4.78 is 37.5. The van der Waals surface area contributed by atoms with E-state index in [1.165, 1.54) is 30.5 Å². The Bertz CT molecular complexity index is 978. The van der Waals surface area contributed by atoms with Crippen LogP contribution in [0.1, 0.15) is 35.2 Å². The maximum atomic E-state index is 12.3. The third kappa shape index (κ3) is 5.34. The van der Waals surface area contributed by atoms with E-state index in [-0.39, 0.29) is 23.4 Å². The van der Waals surface area contributed by atoms with Crippen molar-refractivity contribution >= 4 is 15.9 Å². The summed E-state index contributed by atoms with van der Waals surface area (Å²) in [6.45, 7) is 1.98. The number of hydrogen-bond donors (Lipinski definition) is 2. The number of sulfonamides is 1. The molecule has 2 heterocycles. The van der Waals surface area contributed by atoms with Gasteiger partial charge in [-0.05, 0) is 61.9 Å². The van der Waals surface area contributed by atoms with Crippen molar-refractivity contribution in [1.82, 2.24) is 10.0 Å². The molecule has 28 heavy (non-hydrogen) atoms. The van der Waals surface area contributed by atoms with E-state index in [1.807, 2.05) is 19.1 Å². The Labute approximate surface area is 163 Å². The number of carbonyl (C=O) groups excluding carboxylic acids is 1. The molecule has 2 N–H and O–H groups in total. The van der Waals surface area contributed by atoms with Crippen LogP contribution in [-0.4, -0.2) is 20.4 Å². The SMILES string of the molecule is C[C@H](CCc1ccco1)NC(=O)c1ccc(S(=O)(=O)NCc2ccco2)cc1. The van der Waals surface area contributed by atoms with Crippen LogP contribution in [0.2, 0.25) is 0 Å². The van der Waals surface area contributed by atoms with Crippen molar-refractivity contribution in [3.63, 3.8) is 0 Å². The second-order valence-electron chi connectivity index (χ2n) is 6.42. The maximum absolute atomic E-state index is 12.3. The number of amides is 1. The lowest BCUT2D eigenvalue weighted by Gasteiger charge is -2.13. The van der Waals surface area contributed by atoms with Gasteiger partial charge < -0.3 is 14.2 Å². The topological polar surface area (TPSA) is 102 Å². The molecule has 1 aromatic carbocycles. The maximum Gasteiger partial charge on any atom is 0.251 e. The van der Waals surface area contributed by atoms with Crippen LogP contribution < -0.4 is 10.0 Å². The van der Waals surface area contributed by atoms with Gasteiger partial charge in [0.25, 0.3) is 5.91 Å². The fourth-order valence-corrected chi connectivity index (χ4v) is 3.63. The molecule has 7 nitrogen and oxygen atoms in total. The molecule has 0 spiro atoms. The lowest BCUT2D eigenvalue weighted by Crippen LogP contribution is -2.32. The summed E-state index contributed by atoms with van der Waals surface area (Å²) in [4.78, 5) is 12.4. The summed E-state index contributed by atoms with van der Waals surface area (Å²) in [5, 5.41) is 2.90. The number of hydrogen-bond acceptors (Lipinski definition) is 5. The van der Waals surface area contributed by atoms with Crippen molar-refractivity contribution in [1.29, 1.82) is 0 Å². The number of aryl methyl sites for hydroxylation is 1. The van der Waals surface area contributed by atoms with Crippen molar-refractivity contribution in [2.75, 3.05) is 0 Å². The molecule has 0 bridgehead atoms. The number of benzene rings is 1. The zero-order valence-corrected chi connectivity index (χ0v) is 16.2. The van der Waals surface area contributed by atoms with Gasteiger partial charge in [-0.25, -0.2) is 13.1 Å². The van der Waals surface area contributed by atoms with Gasteiger partial charge in [0.1, 0.15) is 11.5 Å². The van der Waals surface area contributed by atoms with E-state index in [9.17, 15) is 13.2 Å². The zero-order chi connectivity index (χ0) is 20.0. The molecule has 8 heteroatoms. The van der Waals surface area contributed by atoms with Gasteiger partial charge in [0.05, 0.1) is 24.0 Å². The van der Waals surface area contributed by atoms with Crippen LogP contribution in [0.15, 0.2) is 74.8 Å². The van der Waals surface area contributed by atoms with Crippen molar-refractivity contribution in [3.8, 4) is 0 Å². The summed E-state index contributed by atoms with van der Waals surface area (Å²) in [5.41, 5.74) is 0.398. The first-order valence-electron chi connectivity index (χ1n) is 8.89. The van der Waals surface area contributed by atoms with E-state index in [0.29, 0.717) is 11.3 Å². The Morgan fingerprint density at radius 1 is 1.00 bits per heavy atom. The number of rotatable bonds is 9. The van der Waals surface area contributed by atoms with Gasteiger partial charge in [-0.2, -0.15) is 0 Å². The van der Waals surface area contributed by atoms with Gasteiger partial charge in [-0.3, -0.25) is 4.79 Å². The van der Waals surface area contributed by atoms with Crippen LogP contribution in [0.4, 0.5) is 0 Å². The Balaban J connectivity index is 1.54. The lowest BCUT2D eigenvalue weighted by atomic mass is 10.1. The fraction of sp³-hybridized carbons (Fsp3) is 0.250. The van der Waals surface area contributed by atoms with Gasteiger partial charge in [-0.1, -0.05) is 0 Å². The van der Waals surface area contributed by atoms with E-state index < -0.39 is 10.0 Å². The molecule has 148 valence electrons. The van der Waals surface area contributed by atoms with Gasteiger partial charge in [-0.15, -0.1) is 0 Å². The fourth-order valence-electron chi connectivity index (χ4n) is 2.64. The van der Waals surface area contributed by atoms with Crippen LogP contribution >= 0.6 is 0 Å². The van der Waals surface area contributed by atoms with E-state index in [0.717, 1.165) is 18.6 Å². The quantitative estimate of drug-likeness (QED) is 0.573. The standard InChI is InChI=1S/C20H22N2O5S/c1-15(6-9-17-4-2-12-26-17)22-20(23)16-7-10-19(11-8-16)28(24,25)21-14-18-5-3-13-27-18/h2-5,7-8,10-13,15,21H,6,9,14H2,1H3,(H,22,23)/t15-/m1/s1. The van der Waals surface area contributed by atoms with Gasteiger partial charge in [0.2, 0.25) is 10.0 Å². The van der Waals surface area contributed by atoms with E-state index in [2.05, 4.69) is 10.0 Å². The summed E-state index contributed by atoms with van der Waals surface area (Å²) in [5.74, 6) is 1.14. The normalized spacial score (nSPS) is 12.6. The van der Waals surface area contributed by atoms with Gasteiger partial charge in [0, 0.05) is 18.0 Å². The second-order valence-corrected chi connectivity index (χ2v) is 8.19. The smallest absolute Gasteiger partial charge is 0.251 e. The third-order valence-corrected chi connectivity index (χ3v) is 5.64. The largest absolute Gasteiger partial charge is 0.469 e. The van der Waals surface area contributed by atoms with Crippen molar-refractivity contribution in [2.24, 2.45) is 0 Å². The van der Waals surface area contributed by atoms with Crippen LogP contribution in [-0.2, 0) is 23.0 Å². The third-order valence-electron chi connectivity index (χ3n) is 4.22. The molecule has 3 aromatic rings. The van der Waals surface area contributed by atoms with Crippen LogP contribution in [0.3, 0.4) is 0 Å². The molecule has 0 radical (unpaired) electrons. The van der Waals surface area contributed by atoms with Crippen LogP contribution in [0, 0.1) is 0 Å². The Kier molecular flexibility index (Phi) is 6.33. The van der Waals surface area contributed by atoms with Gasteiger partial charge in [0.15, 0.2) is 0 Å². The lowest BCUT2D eigenvalue weighted by molar-refractivity contribution is 0.0938. The molecule has 2 aromatic heterocycles. The Morgan fingerprint density at radius 2 is 1.64 bits per heavy atom. The Morgan fingerprint density at radius 3 is 2.25 bits per heavy atom. The molecule has 1 amide bonds. The molecule has 0 aliphatic heterocycles. The van der Waals surface area contributed by atoms with Crippen molar-refractivity contribution < 1.29 is 22.0 Å².